The maximum atomic E-state index is 12.3. The molecule has 3 heterocycles. The monoisotopic (exact) mass is 275 g/mol. The van der Waals surface area contributed by atoms with E-state index in [0.29, 0.717) is 12.5 Å². The van der Waals surface area contributed by atoms with Crippen LogP contribution in [0.5, 0.6) is 0 Å². The Hall–Kier alpha value is -1.49. The Morgan fingerprint density at radius 3 is 2.80 bits per heavy atom. The lowest BCUT2D eigenvalue weighted by molar-refractivity contribution is -0.136. The molecule has 0 unspecified atom stereocenters. The third kappa shape index (κ3) is 2.68. The molecule has 2 aliphatic rings. The molecular formula is C15H21N3O2. The van der Waals surface area contributed by atoms with Gasteiger partial charge in [-0.25, -0.2) is 9.97 Å². The molecule has 1 aromatic rings. The summed E-state index contributed by atoms with van der Waals surface area (Å²) in [5.74, 6) is 0.828. The van der Waals surface area contributed by atoms with E-state index in [1.165, 1.54) is 0 Å². The molecule has 0 N–H and O–H groups in total. The third-order valence-electron chi connectivity index (χ3n) is 4.41. The lowest BCUT2D eigenvalue weighted by Crippen LogP contribution is -2.41. The van der Waals surface area contributed by atoms with Crippen molar-refractivity contribution in [1.29, 1.82) is 0 Å². The smallest absolute Gasteiger partial charge is 0.228 e. The van der Waals surface area contributed by atoms with E-state index in [0.717, 1.165) is 50.2 Å². The van der Waals surface area contributed by atoms with Crippen LogP contribution < -0.4 is 0 Å². The van der Waals surface area contributed by atoms with Crippen LogP contribution in [-0.4, -0.2) is 47.1 Å². The minimum Gasteiger partial charge on any atom is -0.381 e. The number of hydrogen-bond donors (Lipinski definition) is 0. The van der Waals surface area contributed by atoms with Crippen molar-refractivity contribution in [1.82, 2.24) is 14.9 Å². The topological polar surface area (TPSA) is 55.3 Å². The maximum absolute atomic E-state index is 12.3. The van der Waals surface area contributed by atoms with Gasteiger partial charge in [-0.15, -0.1) is 0 Å². The average Bonchev–Trinajstić information content (AvgIpc) is 3.01. The number of aryl methyl sites for hydroxylation is 1. The molecule has 0 saturated carbocycles. The number of amides is 1. The van der Waals surface area contributed by atoms with Crippen LogP contribution in [0.3, 0.4) is 0 Å². The number of nitrogens with zero attached hydrogens (tertiary/aromatic N) is 3. The molecule has 1 amide bonds. The summed E-state index contributed by atoms with van der Waals surface area (Å²) in [5.41, 5.74) is 2.30. The van der Waals surface area contributed by atoms with Crippen LogP contribution in [0.2, 0.25) is 0 Å². The summed E-state index contributed by atoms with van der Waals surface area (Å²) < 4.78 is 5.31. The lowest BCUT2D eigenvalue weighted by atomic mass is 9.90. The Morgan fingerprint density at radius 1 is 1.35 bits per heavy atom. The molecule has 5 heteroatoms. The molecule has 1 atom stereocenters. The minimum absolute atomic E-state index is 0.0901. The highest BCUT2D eigenvalue weighted by atomic mass is 16.5. The van der Waals surface area contributed by atoms with Crippen LogP contribution in [0.25, 0.3) is 0 Å². The number of carbonyl (C=O) groups excluding carboxylic acids is 1. The van der Waals surface area contributed by atoms with Gasteiger partial charge in [0.1, 0.15) is 6.33 Å². The third-order valence-corrected chi connectivity index (χ3v) is 4.41. The fourth-order valence-electron chi connectivity index (χ4n) is 3.20. The van der Waals surface area contributed by atoms with Gasteiger partial charge >= 0.3 is 0 Å². The lowest BCUT2D eigenvalue weighted by Gasteiger charge is -2.33. The first-order valence-electron chi connectivity index (χ1n) is 7.38. The van der Waals surface area contributed by atoms with E-state index in [-0.39, 0.29) is 11.8 Å². The molecule has 0 aliphatic carbocycles. The Bertz CT molecular complexity index is 478. The van der Waals surface area contributed by atoms with Gasteiger partial charge in [-0.3, -0.25) is 4.79 Å². The summed E-state index contributed by atoms with van der Waals surface area (Å²) in [5, 5.41) is 0. The van der Waals surface area contributed by atoms with Crippen molar-refractivity contribution in [3.63, 3.8) is 0 Å². The minimum atomic E-state index is 0.0901. The number of rotatable bonds is 2. The van der Waals surface area contributed by atoms with E-state index in [1.54, 1.807) is 6.33 Å². The molecule has 0 radical (unpaired) electrons. The zero-order valence-electron chi connectivity index (χ0n) is 11.9. The normalized spacial score (nSPS) is 24.1. The predicted octanol–water partition coefficient (Wildman–Crippen LogP) is 1.53. The second-order valence-electron chi connectivity index (χ2n) is 5.75. The fourth-order valence-corrected chi connectivity index (χ4v) is 3.20. The molecule has 108 valence electrons. The molecule has 0 bridgehead atoms. The summed E-state index contributed by atoms with van der Waals surface area (Å²) in [6, 6.07) is 0. The molecular weight excluding hydrogens is 254 g/mol. The molecule has 2 aliphatic heterocycles. The number of carbonyl (C=O) groups is 1. The van der Waals surface area contributed by atoms with Gasteiger partial charge in [-0.1, -0.05) is 0 Å². The average molecular weight is 275 g/mol. The number of ether oxygens (including phenoxy) is 1. The summed E-state index contributed by atoms with van der Waals surface area (Å²) >= 11 is 0. The SMILES string of the molecule is Cc1cncnc1C1CCN(C(=O)[C@H]2CCOC2)CC1. The van der Waals surface area contributed by atoms with Gasteiger partial charge in [0.2, 0.25) is 5.91 Å². The zero-order valence-corrected chi connectivity index (χ0v) is 11.9. The highest BCUT2D eigenvalue weighted by Gasteiger charge is 2.31. The molecule has 3 rings (SSSR count). The van der Waals surface area contributed by atoms with Crippen molar-refractivity contribution in [2.24, 2.45) is 5.92 Å². The summed E-state index contributed by atoms with van der Waals surface area (Å²) in [6.07, 6.45) is 6.36. The van der Waals surface area contributed by atoms with Crippen LogP contribution >= 0.6 is 0 Å². The van der Waals surface area contributed by atoms with Crippen LogP contribution in [0.4, 0.5) is 0 Å². The molecule has 0 aromatic carbocycles. The summed E-state index contributed by atoms with van der Waals surface area (Å²) in [6.45, 7) is 5.06. The quantitative estimate of drug-likeness (QED) is 0.821. The van der Waals surface area contributed by atoms with E-state index >= 15 is 0 Å². The van der Waals surface area contributed by atoms with Gasteiger partial charge in [-0.05, 0) is 31.7 Å². The van der Waals surface area contributed by atoms with Crippen LogP contribution in [0.1, 0.15) is 36.4 Å². The van der Waals surface area contributed by atoms with Crippen molar-refractivity contribution < 1.29 is 9.53 Å². The van der Waals surface area contributed by atoms with Gasteiger partial charge in [0.25, 0.3) is 0 Å². The molecule has 1 aromatic heterocycles. The molecule has 5 nitrogen and oxygen atoms in total. The van der Waals surface area contributed by atoms with E-state index in [1.807, 2.05) is 11.1 Å². The van der Waals surface area contributed by atoms with Crippen molar-refractivity contribution in [2.45, 2.75) is 32.1 Å². The second kappa shape index (κ2) is 5.87. The molecule has 2 saturated heterocycles. The largest absolute Gasteiger partial charge is 0.381 e. The first-order chi connectivity index (χ1) is 9.75. The Kier molecular flexibility index (Phi) is 3.96. The summed E-state index contributed by atoms with van der Waals surface area (Å²) in [7, 11) is 0. The van der Waals surface area contributed by atoms with Gasteiger partial charge < -0.3 is 9.64 Å². The zero-order chi connectivity index (χ0) is 13.9. The van der Waals surface area contributed by atoms with E-state index < -0.39 is 0 Å². The number of hydrogen-bond acceptors (Lipinski definition) is 4. The van der Waals surface area contributed by atoms with Crippen molar-refractivity contribution >= 4 is 5.91 Å². The molecule has 0 spiro atoms. The Balaban J connectivity index is 1.59. The van der Waals surface area contributed by atoms with Crippen LogP contribution in [-0.2, 0) is 9.53 Å². The van der Waals surface area contributed by atoms with Gasteiger partial charge in [-0.2, -0.15) is 0 Å². The number of likely N-dealkylation sites (tertiary alicyclic amines) is 1. The predicted molar refractivity (Wildman–Crippen MR) is 74.3 cm³/mol. The van der Waals surface area contributed by atoms with Crippen LogP contribution in [0, 0.1) is 12.8 Å². The van der Waals surface area contributed by atoms with Crippen molar-refractivity contribution in [3.05, 3.63) is 23.8 Å². The fraction of sp³-hybridized carbons (Fsp3) is 0.667. The van der Waals surface area contributed by atoms with E-state index in [9.17, 15) is 4.79 Å². The van der Waals surface area contributed by atoms with Gasteiger partial charge in [0, 0.05) is 37.5 Å². The molecule has 2 fully saturated rings. The maximum Gasteiger partial charge on any atom is 0.228 e. The molecule has 20 heavy (non-hydrogen) atoms. The number of piperidine rings is 1. The highest BCUT2D eigenvalue weighted by Crippen LogP contribution is 2.29. The number of aromatic nitrogens is 2. The van der Waals surface area contributed by atoms with Gasteiger partial charge in [0.15, 0.2) is 0 Å². The second-order valence-corrected chi connectivity index (χ2v) is 5.75. The van der Waals surface area contributed by atoms with Crippen molar-refractivity contribution in [3.8, 4) is 0 Å². The first-order valence-corrected chi connectivity index (χ1v) is 7.38. The standard InChI is InChI=1S/C15H21N3O2/c1-11-8-16-10-17-14(11)12-2-5-18(6-3-12)15(19)13-4-7-20-9-13/h8,10,12-13H,2-7,9H2,1H3/t13-/m0/s1. The van der Waals surface area contributed by atoms with E-state index in [4.69, 9.17) is 4.74 Å². The Morgan fingerprint density at radius 2 is 2.15 bits per heavy atom. The van der Waals surface area contributed by atoms with Crippen LogP contribution in [0.15, 0.2) is 12.5 Å². The first kappa shape index (κ1) is 13.5. The van der Waals surface area contributed by atoms with Crippen molar-refractivity contribution in [2.75, 3.05) is 26.3 Å². The highest BCUT2D eigenvalue weighted by molar-refractivity contribution is 5.79. The summed E-state index contributed by atoms with van der Waals surface area (Å²) in [4.78, 5) is 22.8. The Labute approximate surface area is 119 Å². The van der Waals surface area contributed by atoms with Gasteiger partial charge in [0.05, 0.1) is 12.5 Å². The van der Waals surface area contributed by atoms with E-state index in [2.05, 4.69) is 16.9 Å².